The van der Waals surface area contributed by atoms with Crippen molar-refractivity contribution < 1.29 is 14.7 Å². The van der Waals surface area contributed by atoms with Crippen molar-refractivity contribution in [2.24, 2.45) is 0 Å². The molecular formula is C26H23ClN2O3. The van der Waals surface area contributed by atoms with Gasteiger partial charge in [0.2, 0.25) is 0 Å². The second kappa shape index (κ2) is 9.37. The summed E-state index contributed by atoms with van der Waals surface area (Å²) < 4.78 is 0. The van der Waals surface area contributed by atoms with Crippen LogP contribution in [0.5, 0.6) is 0 Å². The average molecular weight is 447 g/mol. The molecule has 1 aromatic heterocycles. The van der Waals surface area contributed by atoms with E-state index in [1.807, 2.05) is 24.3 Å². The van der Waals surface area contributed by atoms with Gasteiger partial charge in [-0.05, 0) is 66.9 Å². The molecule has 0 aliphatic carbocycles. The summed E-state index contributed by atoms with van der Waals surface area (Å²) >= 11 is 5.96. The fourth-order valence-electron chi connectivity index (χ4n) is 3.88. The van der Waals surface area contributed by atoms with Crippen LogP contribution in [-0.4, -0.2) is 21.8 Å². The molecule has 4 rings (SSSR count). The summed E-state index contributed by atoms with van der Waals surface area (Å²) in [6.07, 6.45) is 4.74. The predicted octanol–water partition coefficient (Wildman–Crippen LogP) is 5.70. The molecule has 1 aliphatic rings. The minimum Gasteiger partial charge on any atom is -0.507 e. The van der Waals surface area contributed by atoms with Crippen molar-refractivity contribution in [2.75, 3.05) is 4.90 Å². The number of hydrogen-bond acceptors (Lipinski definition) is 4. The smallest absolute Gasteiger partial charge is 0.300 e. The van der Waals surface area contributed by atoms with Gasteiger partial charge in [0.1, 0.15) is 11.8 Å². The highest BCUT2D eigenvalue weighted by atomic mass is 35.5. The fraction of sp³-hybridized carbons (Fsp3) is 0.192. The number of Topliss-reactive ketones (excluding diaryl/α,β-unsaturated/α-hetero) is 1. The Morgan fingerprint density at radius 1 is 1.03 bits per heavy atom. The van der Waals surface area contributed by atoms with E-state index in [2.05, 4.69) is 11.9 Å². The topological polar surface area (TPSA) is 70.5 Å². The van der Waals surface area contributed by atoms with Crippen LogP contribution in [0, 0.1) is 0 Å². The molecule has 5 nitrogen and oxygen atoms in total. The zero-order chi connectivity index (χ0) is 22.7. The summed E-state index contributed by atoms with van der Waals surface area (Å²) in [6.45, 7) is 2.14. The number of aromatic nitrogens is 1. The van der Waals surface area contributed by atoms with E-state index < -0.39 is 17.7 Å². The zero-order valence-corrected chi connectivity index (χ0v) is 18.4. The Bertz CT molecular complexity index is 1160. The molecule has 1 aliphatic heterocycles. The fourth-order valence-corrected chi connectivity index (χ4v) is 4.01. The third-order valence-electron chi connectivity index (χ3n) is 5.56. The molecule has 6 heteroatoms. The van der Waals surface area contributed by atoms with Gasteiger partial charge in [0.05, 0.1) is 11.3 Å². The van der Waals surface area contributed by atoms with E-state index in [0.717, 1.165) is 19.3 Å². The lowest BCUT2D eigenvalue weighted by molar-refractivity contribution is -0.132. The van der Waals surface area contributed by atoms with Gasteiger partial charge in [0.15, 0.2) is 0 Å². The van der Waals surface area contributed by atoms with Crippen molar-refractivity contribution in [2.45, 2.75) is 32.2 Å². The van der Waals surface area contributed by atoms with Crippen molar-refractivity contribution in [3.63, 3.8) is 0 Å². The number of anilines is 1. The molecule has 2 aromatic carbocycles. The summed E-state index contributed by atoms with van der Waals surface area (Å²) in [5.41, 5.74) is 2.66. The van der Waals surface area contributed by atoms with Gasteiger partial charge < -0.3 is 5.11 Å². The van der Waals surface area contributed by atoms with Crippen molar-refractivity contribution in [3.05, 3.63) is 100 Å². The summed E-state index contributed by atoms with van der Waals surface area (Å²) in [5, 5.41) is 11.6. The summed E-state index contributed by atoms with van der Waals surface area (Å²) in [4.78, 5) is 32.0. The van der Waals surface area contributed by atoms with Crippen LogP contribution in [0.1, 0.15) is 42.6 Å². The number of aryl methyl sites for hydroxylation is 1. The molecule has 1 unspecified atom stereocenters. The van der Waals surface area contributed by atoms with Gasteiger partial charge in [-0.25, -0.2) is 0 Å². The molecule has 0 spiro atoms. The van der Waals surface area contributed by atoms with Crippen LogP contribution in [-0.2, 0) is 16.0 Å². The number of aliphatic hydroxyl groups excluding tert-OH is 1. The van der Waals surface area contributed by atoms with E-state index in [0.29, 0.717) is 22.0 Å². The molecule has 0 radical (unpaired) electrons. The number of unbranched alkanes of at least 4 members (excludes halogenated alkanes) is 1. The standard InChI is InChI=1S/C26H23ClN2O3/c1-2-3-6-17-8-14-20(15-9-17)29-23(21-7-4-5-16-28-21)22(25(31)26(29)32)24(30)18-10-12-19(27)13-11-18/h4-5,7-16,23,30H,2-3,6H2,1H3/b24-22-. The molecule has 2 heterocycles. The van der Waals surface area contributed by atoms with E-state index in [1.165, 1.54) is 10.5 Å². The van der Waals surface area contributed by atoms with E-state index in [9.17, 15) is 14.7 Å². The summed E-state index contributed by atoms with van der Waals surface area (Å²) in [6, 6.07) is 18.6. The first-order valence-electron chi connectivity index (χ1n) is 10.6. The number of benzene rings is 2. The monoisotopic (exact) mass is 446 g/mol. The quantitative estimate of drug-likeness (QED) is 0.299. The van der Waals surface area contributed by atoms with Crippen molar-refractivity contribution in [3.8, 4) is 0 Å². The molecule has 32 heavy (non-hydrogen) atoms. The van der Waals surface area contributed by atoms with Crippen LogP contribution in [0.15, 0.2) is 78.5 Å². The molecule has 1 amide bonds. The Kier molecular flexibility index (Phi) is 6.37. The number of halogens is 1. The normalized spacial score (nSPS) is 17.7. The van der Waals surface area contributed by atoms with Gasteiger partial charge in [0, 0.05) is 22.5 Å². The maximum absolute atomic E-state index is 13.1. The van der Waals surface area contributed by atoms with Crippen LogP contribution in [0.4, 0.5) is 5.69 Å². The Labute approximate surface area is 192 Å². The Balaban J connectivity index is 1.83. The maximum atomic E-state index is 13.1. The maximum Gasteiger partial charge on any atom is 0.300 e. The second-order valence-corrected chi connectivity index (χ2v) is 8.14. The van der Waals surface area contributed by atoms with Crippen LogP contribution >= 0.6 is 11.6 Å². The number of pyridine rings is 1. The minimum absolute atomic E-state index is 0.00563. The lowest BCUT2D eigenvalue weighted by Gasteiger charge is -2.24. The first-order valence-corrected chi connectivity index (χ1v) is 11.0. The molecule has 1 saturated heterocycles. The average Bonchev–Trinajstić information content (AvgIpc) is 3.09. The molecule has 162 valence electrons. The molecular weight excluding hydrogens is 424 g/mol. The third kappa shape index (κ3) is 4.16. The number of rotatable bonds is 6. The van der Waals surface area contributed by atoms with E-state index in [-0.39, 0.29) is 11.3 Å². The van der Waals surface area contributed by atoms with Crippen molar-refractivity contribution in [1.29, 1.82) is 0 Å². The van der Waals surface area contributed by atoms with Gasteiger partial charge >= 0.3 is 0 Å². The van der Waals surface area contributed by atoms with Crippen LogP contribution in [0.25, 0.3) is 5.76 Å². The molecule has 3 aromatic rings. The molecule has 0 saturated carbocycles. The van der Waals surface area contributed by atoms with E-state index >= 15 is 0 Å². The molecule has 1 fully saturated rings. The highest BCUT2D eigenvalue weighted by Gasteiger charge is 2.47. The molecule has 0 bridgehead atoms. The third-order valence-corrected chi connectivity index (χ3v) is 5.82. The van der Waals surface area contributed by atoms with E-state index in [4.69, 9.17) is 11.6 Å². The number of hydrogen-bond donors (Lipinski definition) is 1. The zero-order valence-electron chi connectivity index (χ0n) is 17.7. The van der Waals surface area contributed by atoms with Crippen molar-refractivity contribution >= 4 is 34.7 Å². The number of aliphatic hydroxyl groups is 1. The Morgan fingerprint density at radius 2 is 1.75 bits per heavy atom. The highest BCUT2D eigenvalue weighted by molar-refractivity contribution is 6.51. The van der Waals surface area contributed by atoms with Gasteiger partial charge in [-0.2, -0.15) is 0 Å². The van der Waals surface area contributed by atoms with Crippen LogP contribution in [0.3, 0.4) is 0 Å². The number of amides is 1. The molecule has 1 N–H and O–H groups in total. The Hall–Kier alpha value is -3.44. The Morgan fingerprint density at radius 3 is 2.38 bits per heavy atom. The predicted molar refractivity (Wildman–Crippen MR) is 126 cm³/mol. The second-order valence-electron chi connectivity index (χ2n) is 7.70. The molecule has 1 atom stereocenters. The lowest BCUT2D eigenvalue weighted by atomic mass is 9.98. The summed E-state index contributed by atoms with van der Waals surface area (Å²) in [7, 11) is 0. The minimum atomic E-state index is -0.839. The van der Waals surface area contributed by atoms with Gasteiger partial charge in [-0.3, -0.25) is 19.5 Å². The number of carbonyl (C=O) groups is 2. The van der Waals surface area contributed by atoms with Crippen molar-refractivity contribution in [1.82, 2.24) is 4.98 Å². The lowest BCUT2D eigenvalue weighted by Crippen LogP contribution is -2.29. The number of carbonyl (C=O) groups excluding carboxylic acids is 2. The van der Waals surface area contributed by atoms with Gasteiger partial charge in [-0.1, -0.05) is 43.1 Å². The largest absolute Gasteiger partial charge is 0.507 e. The van der Waals surface area contributed by atoms with Gasteiger partial charge in [0.25, 0.3) is 11.7 Å². The van der Waals surface area contributed by atoms with Crippen LogP contribution in [0.2, 0.25) is 5.02 Å². The number of nitrogens with zero attached hydrogens (tertiary/aromatic N) is 2. The number of ketones is 1. The summed E-state index contributed by atoms with van der Waals surface area (Å²) in [5.74, 6) is -1.70. The SMILES string of the molecule is CCCCc1ccc(N2C(=O)C(=O)/C(=C(\O)c3ccc(Cl)cc3)C2c2ccccn2)cc1. The van der Waals surface area contributed by atoms with Crippen LogP contribution < -0.4 is 4.90 Å². The van der Waals surface area contributed by atoms with E-state index in [1.54, 1.807) is 48.7 Å². The highest BCUT2D eigenvalue weighted by Crippen LogP contribution is 2.41. The first kappa shape index (κ1) is 21.8. The van der Waals surface area contributed by atoms with Gasteiger partial charge in [-0.15, -0.1) is 0 Å². The first-order chi connectivity index (χ1) is 15.5.